The maximum absolute atomic E-state index is 11.9. The summed E-state index contributed by atoms with van der Waals surface area (Å²) < 4.78 is 22.7. The number of esters is 1. The molecule has 0 saturated heterocycles. The number of nitrogens with zero attached hydrogens (tertiary/aromatic N) is 2. The molecule has 10 heteroatoms. The maximum Gasteiger partial charge on any atom is 0.328 e. The van der Waals surface area contributed by atoms with Crippen molar-refractivity contribution in [2.45, 2.75) is 19.6 Å². The molecule has 3 heterocycles. The Bertz CT molecular complexity index is 1140. The first kappa shape index (κ1) is 18.5. The first-order chi connectivity index (χ1) is 14.1. The Morgan fingerprint density at radius 3 is 2.79 bits per heavy atom. The van der Waals surface area contributed by atoms with Crippen LogP contribution in [0.3, 0.4) is 0 Å². The molecule has 1 aliphatic heterocycles. The molecule has 3 aromatic rings. The van der Waals surface area contributed by atoms with Crippen LogP contribution < -0.4 is 20.7 Å². The highest BCUT2D eigenvalue weighted by molar-refractivity contribution is 5.69. The monoisotopic (exact) mass is 399 g/mol. The van der Waals surface area contributed by atoms with Crippen molar-refractivity contribution in [3.05, 3.63) is 63.1 Å². The number of benzene rings is 1. The van der Waals surface area contributed by atoms with Gasteiger partial charge in [-0.1, -0.05) is 5.16 Å². The van der Waals surface area contributed by atoms with Crippen LogP contribution in [-0.2, 0) is 22.7 Å². The van der Waals surface area contributed by atoms with E-state index in [0.717, 1.165) is 5.56 Å². The molecule has 0 unspecified atom stereocenters. The average Bonchev–Trinajstić information content (AvgIpc) is 3.20. The van der Waals surface area contributed by atoms with Gasteiger partial charge in [-0.3, -0.25) is 14.6 Å². The second-order valence-electron chi connectivity index (χ2n) is 6.26. The van der Waals surface area contributed by atoms with Gasteiger partial charge in [0.15, 0.2) is 17.3 Å². The summed E-state index contributed by atoms with van der Waals surface area (Å²) in [5, 5.41) is 3.90. The van der Waals surface area contributed by atoms with Crippen molar-refractivity contribution in [1.82, 2.24) is 14.7 Å². The average molecular weight is 399 g/mol. The van der Waals surface area contributed by atoms with Crippen LogP contribution in [-0.4, -0.2) is 33.9 Å². The molecule has 10 nitrogen and oxygen atoms in total. The number of aryl methyl sites for hydroxylation is 1. The van der Waals surface area contributed by atoms with Gasteiger partial charge < -0.3 is 23.3 Å². The third-order valence-corrected chi connectivity index (χ3v) is 4.22. The van der Waals surface area contributed by atoms with Crippen molar-refractivity contribution in [3.8, 4) is 22.8 Å². The Morgan fingerprint density at radius 2 is 1.97 bits per heavy atom. The van der Waals surface area contributed by atoms with Crippen LogP contribution in [0, 0.1) is 0 Å². The SMILES string of the molecule is O=C(CCn1ccc(=O)[nH]c1=O)OCc1cc(-c2ccc3c(c2)OCCO3)on1. The molecule has 0 saturated carbocycles. The molecule has 1 aliphatic rings. The zero-order chi connectivity index (χ0) is 20.2. The van der Waals surface area contributed by atoms with Gasteiger partial charge in [0.2, 0.25) is 0 Å². The quantitative estimate of drug-likeness (QED) is 0.611. The zero-order valence-corrected chi connectivity index (χ0v) is 15.3. The molecule has 0 radical (unpaired) electrons. The fourth-order valence-electron chi connectivity index (χ4n) is 2.77. The number of aromatic amines is 1. The minimum absolute atomic E-state index is 0.0289. The minimum atomic E-state index is -0.578. The summed E-state index contributed by atoms with van der Waals surface area (Å²) in [5.74, 6) is 1.31. The van der Waals surface area contributed by atoms with E-state index in [9.17, 15) is 14.4 Å². The predicted octanol–water partition coefficient (Wildman–Crippen LogP) is 1.10. The van der Waals surface area contributed by atoms with E-state index < -0.39 is 17.2 Å². The molecule has 0 fully saturated rings. The van der Waals surface area contributed by atoms with Crippen LogP contribution in [0.4, 0.5) is 0 Å². The summed E-state index contributed by atoms with van der Waals surface area (Å²) in [6.07, 6.45) is 1.30. The Hall–Kier alpha value is -3.82. The van der Waals surface area contributed by atoms with Gasteiger partial charge in [-0.05, 0) is 18.2 Å². The summed E-state index contributed by atoms with van der Waals surface area (Å²) in [6.45, 7) is 1.03. The second kappa shape index (κ2) is 8.05. The van der Waals surface area contributed by atoms with E-state index in [1.165, 1.54) is 16.8 Å². The topological polar surface area (TPSA) is 126 Å². The maximum atomic E-state index is 11.9. The Kier molecular flexibility index (Phi) is 5.14. The van der Waals surface area contributed by atoms with E-state index in [1.807, 2.05) is 6.07 Å². The smallest absolute Gasteiger partial charge is 0.328 e. The van der Waals surface area contributed by atoms with Gasteiger partial charge in [0.25, 0.3) is 5.56 Å². The standard InChI is InChI=1S/C19H17N3O7/c23-17-3-5-22(19(25)20-17)6-4-18(24)28-11-13-10-15(29-21-13)12-1-2-14-16(9-12)27-8-7-26-14/h1-3,5,9-10H,4,6-8,11H2,(H,20,23,25). The van der Waals surface area contributed by atoms with E-state index in [4.69, 9.17) is 18.7 Å². The minimum Gasteiger partial charge on any atom is -0.486 e. The fourth-order valence-corrected chi connectivity index (χ4v) is 2.77. The highest BCUT2D eigenvalue weighted by atomic mass is 16.6. The van der Waals surface area contributed by atoms with Crippen molar-refractivity contribution in [2.24, 2.45) is 0 Å². The molecule has 150 valence electrons. The number of nitrogens with one attached hydrogen (secondary N) is 1. The Labute approximate surface area is 163 Å². The number of ether oxygens (including phenoxy) is 3. The van der Waals surface area contributed by atoms with Crippen LogP contribution in [0.1, 0.15) is 12.1 Å². The van der Waals surface area contributed by atoms with Crippen molar-refractivity contribution in [3.63, 3.8) is 0 Å². The zero-order valence-electron chi connectivity index (χ0n) is 15.3. The van der Waals surface area contributed by atoms with E-state index >= 15 is 0 Å². The lowest BCUT2D eigenvalue weighted by Crippen LogP contribution is -2.29. The molecule has 1 N–H and O–H groups in total. The number of carbonyl (C=O) groups is 1. The van der Waals surface area contributed by atoms with E-state index in [-0.39, 0.29) is 19.6 Å². The lowest BCUT2D eigenvalue weighted by Gasteiger charge is -2.18. The Balaban J connectivity index is 1.33. The number of hydrogen-bond acceptors (Lipinski definition) is 8. The highest BCUT2D eigenvalue weighted by Crippen LogP contribution is 2.34. The first-order valence-electron chi connectivity index (χ1n) is 8.89. The van der Waals surface area contributed by atoms with Gasteiger partial charge >= 0.3 is 11.7 Å². The second-order valence-corrected chi connectivity index (χ2v) is 6.26. The van der Waals surface area contributed by atoms with Crippen molar-refractivity contribution in [2.75, 3.05) is 13.2 Å². The third kappa shape index (κ3) is 4.37. The molecule has 1 aromatic carbocycles. The van der Waals surface area contributed by atoms with Crippen molar-refractivity contribution in [1.29, 1.82) is 0 Å². The highest BCUT2D eigenvalue weighted by Gasteiger charge is 2.15. The summed E-state index contributed by atoms with van der Waals surface area (Å²) in [7, 11) is 0. The third-order valence-electron chi connectivity index (χ3n) is 4.22. The van der Waals surface area contributed by atoms with Gasteiger partial charge in [-0.2, -0.15) is 0 Å². The molecule has 0 spiro atoms. The van der Waals surface area contributed by atoms with Gasteiger partial charge in [0.05, 0.1) is 6.42 Å². The molecule has 0 amide bonds. The molecule has 0 atom stereocenters. The summed E-state index contributed by atoms with van der Waals surface area (Å²) in [4.78, 5) is 36.6. The van der Waals surface area contributed by atoms with Crippen molar-refractivity contribution < 1.29 is 23.5 Å². The molecular formula is C19H17N3O7. The van der Waals surface area contributed by atoms with Crippen molar-refractivity contribution >= 4 is 5.97 Å². The van der Waals surface area contributed by atoms with Crippen LogP contribution in [0.15, 0.2) is 50.6 Å². The number of carbonyl (C=O) groups excluding carboxylic acids is 1. The fraction of sp³-hybridized carbons (Fsp3) is 0.263. The van der Waals surface area contributed by atoms with Crippen LogP contribution >= 0.6 is 0 Å². The van der Waals surface area contributed by atoms with Gasteiger partial charge in [-0.25, -0.2) is 4.79 Å². The number of hydrogen-bond donors (Lipinski definition) is 1. The molecule has 2 aromatic heterocycles. The normalized spacial score (nSPS) is 12.6. The van der Waals surface area contributed by atoms with Gasteiger partial charge in [0, 0.05) is 30.4 Å². The first-order valence-corrected chi connectivity index (χ1v) is 8.89. The number of H-pyrrole nitrogens is 1. The van der Waals surface area contributed by atoms with E-state index in [1.54, 1.807) is 18.2 Å². The van der Waals surface area contributed by atoms with Crippen LogP contribution in [0.2, 0.25) is 0 Å². The molecule has 0 bridgehead atoms. The summed E-state index contributed by atoms with van der Waals surface area (Å²) in [6, 6.07) is 8.30. The summed E-state index contributed by atoms with van der Waals surface area (Å²) >= 11 is 0. The molecule has 4 rings (SSSR count). The Morgan fingerprint density at radius 1 is 1.14 bits per heavy atom. The predicted molar refractivity (Wildman–Crippen MR) is 98.7 cm³/mol. The lowest BCUT2D eigenvalue weighted by atomic mass is 10.1. The largest absolute Gasteiger partial charge is 0.486 e. The van der Waals surface area contributed by atoms with Gasteiger partial charge in [0.1, 0.15) is 25.5 Å². The van der Waals surface area contributed by atoms with Gasteiger partial charge in [-0.15, -0.1) is 0 Å². The van der Waals surface area contributed by atoms with E-state index in [2.05, 4.69) is 10.1 Å². The van der Waals surface area contributed by atoms with E-state index in [0.29, 0.717) is 36.2 Å². The molecule has 0 aliphatic carbocycles. The number of aromatic nitrogens is 3. The summed E-state index contributed by atoms with van der Waals surface area (Å²) in [5.41, 5.74) is 0.140. The van der Waals surface area contributed by atoms with Crippen LogP contribution in [0.5, 0.6) is 11.5 Å². The molecule has 29 heavy (non-hydrogen) atoms. The lowest BCUT2D eigenvalue weighted by molar-refractivity contribution is -0.145. The molecular weight excluding hydrogens is 382 g/mol. The number of fused-ring (bicyclic) bond motifs is 1. The number of rotatable bonds is 6. The van der Waals surface area contributed by atoms with Crippen LogP contribution in [0.25, 0.3) is 11.3 Å².